The zero-order chi connectivity index (χ0) is 15.8. The summed E-state index contributed by atoms with van der Waals surface area (Å²) in [4.78, 5) is 17.2. The number of ether oxygens (including phenoxy) is 1. The lowest BCUT2D eigenvalue weighted by molar-refractivity contribution is -0.143. The highest BCUT2D eigenvalue weighted by Gasteiger charge is 2.10. The summed E-state index contributed by atoms with van der Waals surface area (Å²) in [6, 6.07) is 7.90. The van der Waals surface area contributed by atoms with E-state index in [0.717, 1.165) is 29.6 Å². The number of aromatic nitrogens is 1. The minimum Gasteiger partial charge on any atom is -0.464 e. The van der Waals surface area contributed by atoms with Crippen molar-refractivity contribution >= 4 is 40.1 Å². The van der Waals surface area contributed by atoms with E-state index in [-0.39, 0.29) is 12.4 Å². The zero-order valence-electron chi connectivity index (χ0n) is 12.4. The second-order valence-electron chi connectivity index (χ2n) is 4.98. The predicted molar refractivity (Wildman–Crippen MR) is 90.8 cm³/mol. The van der Waals surface area contributed by atoms with Crippen LogP contribution >= 0.6 is 23.2 Å². The van der Waals surface area contributed by atoms with E-state index in [1.165, 1.54) is 0 Å². The van der Waals surface area contributed by atoms with Crippen LogP contribution in [0.1, 0.15) is 5.56 Å². The zero-order valence-corrected chi connectivity index (χ0v) is 13.9. The van der Waals surface area contributed by atoms with E-state index in [1.54, 1.807) is 0 Å². The van der Waals surface area contributed by atoms with Crippen LogP contribution in [0.3, 0.4) is 0 Å². The highest BCUT2D eigenvalue weighted by molar-refractivity contribution is 6.18. The first-order chi connectivity index (χ1) is 10.7. The number of alkyl halides is 2. The Morgan fingerprint density at radius 1 is 1.14 bits per heavy atom. The van der Waals surface area contributed by atoms with Crippen molar-refractivity contribution in [2.45, 2.75) is 6.42 Å². The van der Waals surface area contributed by atoms with Crippen LogP contribution in [0.2, 0.25) is 0 Å². The van der Waals surface area contributed by atoms with Gasteiger partial charge in [0.25, 0.3) is 0 Å². The summed E-state index contributed by atoms with van der Waals surface area (Å²) in [6.45, 7) is 2.50. The van der Waals surface area contributed by atoms with Gasteiger partial charge in [-0.05, 0) is 11.6 Å². The quantitative estimate of drug-likeness (QED) is 0.562. The first-order valence-corrected chi connectivity index (χ1v) is 8.36. The van der Waals surface area contributed by atoms with Crippen LogP contribution in [-0.2, 0) is 16.0 Å². The molecule has 0 aliphatic carbocycles. The Morgan fingerprint density at radius 2 is 1.86 bits per heavy atom. The average molecular weight is 343 g/mol. The Bertz CT molecular complexity index is 595. The van der Waals surface area contributed by atoms with Crippen molar-refractivity contribution in [1.82, 2.24) is 9.88 Å². The maximum absolute atomic E-state index is 11.9. The monoisotopic (exact) mass is 342 g/mol. The van der Waals surface area contributed by atoms with E-state index in [0.29, 0.717) is 24.9 Å². The average Bonchev–Trinajstić information content (AvgIpc) is 2.91. The number of fused-ring (bicyclic) bond motifs is 1. The summed E-state index contributed by atoms with van der Waals surface area (Å²) in [5.41, 5.74) is 1.99. The molecular weight excluding hydrogens is 323 g/mol. The van der Waals surface area contributed by atoms with Gasteiger partial charge in [0, 0.05) is 48.5 Å². The number of para-hydroxylation sites is 1. The lowest BCUT2D eigenvalue weighted by Gasteiger charge is -2.19. The van der Waals surface area contributed by atoms with Crippen molar-refractivity contribution in [2.75, 3.05) is 38.0 Å². The van der Waals surface area contributed by atoms with Crippen LogP contribution in [0, 0.1) is 0 Å². The molecule has 0 bridgehead atoms. The molecular formula is C16H20Cl2N2O2. The molecule has 4 nitrogen and oxygen atoms in total. The summed E-state index contributed by atoms with van der Waals surface area (Å²) >= 11 is 11.5. The highest BCUT2D eigenvalue weighted by atomic mass is 35.5. The Kier molecular flexibility index (Phi) is 7.03. The van der Waals surface area contributed by atoms with E-state index < -0.39 is 0 Å². The van der Waals surface area contributed by atoms with Crippen LogP contribution in [0.4, 0.5) is 0 Å². The molecule has 0 unspecified atom stereocenters. The molecule has 0 saturated heterocycles. The molecule has 1 aromatic heterocycles. The first-order valence-electron chi connectivity index (χ1n) is 7.29. The highest BCUT2D eigenvalue weighted by Crippen LogP contribution is 2.18. The molecule has 0 amide bonds. The molecule has 0 fully saturated rings. The van der Waals surface area contributed by atoms with Gasteiger partial charge in [-0.2, -0.15) is 0 Å². The van der Waals surface area contributed by atoms with Gasteiger partial charge < -0.3 is 9.72 Å². The SMILES string of the molecule is O=C(Cc1c[nH]c2ccccc12)OCCN(CCCl)CCCl. The van der Waals surface area contributed by atoms with Crippen molar-refractivity contribution < 1.29 is 9.53 Å². The first kappa shape index (κ1) is 17.1. The molecule has 0 saturated carbocycles. The van der Waals surface area contributed by atoms with Crippen molar-refractivity contribution in [3.05, 3.63) is 36.0 Å². The van der Waals surface area contributed by atoms with Gasteiger partial charge in [0.2, 0.25) is 0 Å². The number of carbonyl (C=O) groups is 1. The number of esters is 1. The van der Waals surface area contributed by atoms with Crippen LogP contribution in [0.15, 0.2) is 30.5 Å². The molecule has 1 heterocycles. The van der Waals surface area contributed by atoms with Crippen LogP contribution in [0.5, 0.6) is 0 Å². The van der Waals surface area contributed by atoms with E-state index in [2.05, 4.69) is 9.88 Å². The van der Waals surface area contributed by atoms with E-state index in [1.807, 2.05) is 30.5 Å². The molecule has 1 aromatic carbocycles. The maximum atomic E-state index is 11.9. The fourth-order valence-corrected chi connectivity index (χ4v) is 2.83. The summed E-state index contributed by atoms with van der Waals surface area (Å²) in [7, 11) is 0. The third-order valence-corrected chi connectivity index (χ3v) is 3.82. The lowest BCUT2D eigenvalue weighted by Crippen LogP contribution is -2.32. The fourth-order valence-electron chi connectivity index (χ4n) is 2.35. The van der Waals surface area contributed by atoms with Gasteiger partial charge in [-0.3, -0.25) is 9.69 Å². The molecule has 0 radical (unpaired) electrons. The molecule has 0 aliphatic rings. The van der Waals surface area contributed by atoms with Crippen molar-refractivity contribution in [1.29, 1.82) is 0 Å². The third kappa shape index (κ3) is 4.90. The van der Waals surface area contributed by atoms with Gasteiger partial charge in [-0.15, -0.1) is 23.2 Å². The Morgan fingerprint density at radius 3 is 2.59 bits per heavy atom. The second kappa shape index (κ2) is 9.03. The number of rotatable bonds is 9. The van der Waals surface area contributed by atoms with Gasteiger partial charge in [-0.1, -0.05) is 18.2 Å². The van der Waals surface area contributed by atoms with Crippen molar-refractivity contribution in [2.24, 2.45) is 0 Å². The van der Waals surface area contributed by atoms with E-state index in [4.69, 9.17) is 27.9 Å². The summed E-state index contributed by atoms with van der Waals surface area (Å²) < 4.78 is 5.31. The topological polar surface area (TPSA) is 45.3 Å². The fraction of sp³-hybridized carbons (Fsp3) is 0.438. The summed E-state index contributed by atoms with van der Waals surface area (Å²) in [5, 5.41) is 1.06. The van der Waals surface area contributed by atoms with Crippen LogP contribution in [-0.4, -0.2) is 53.9 Å². The Hall–Kier alpha value is -1.23. The van der Waals surface area contributed by atoms with E-state index >= 15 is 0 Å². The number of aromatic amines is 1. The summed E-state index contributed by atoms with van der Waals surface area (Å²) in [5.74, 6) is 0.863. The number of hydrogen-bond donors (Lipinski definition) is 1. The number of hydrogen-bond acceptors (Lipinski definition) is 3. The van der Waals surface area contributed by atoms with Crippen molar-refractivity contribution in [3.63, 3.8) is 0 Å². The van der Waals surface area contributed by atoms with Crippen LogP contribution in [0.25, 0.3) is 10.9 Å². The maximum Gasteiger partial charge on any atom is 0.310 e. The largest absolute Gasteiger partial charge is 0.464 e. The van der Waals surface area contributed by atoms with Gasteiger partial charge >= 0.3 is 5.97 Å². The number of benzene rings is 1. The van der Waals surface area contributed by atoms with Gasteiger partial charge in [0.05, 0.1) is 6.42 Å². The normalized spacial score (nSPS) is 11.2. The van der Waals surface area contributed by atoms with Gasteiger partial charge in [-0.25, -0.2) is 0 Å². The third-order valence-electron chi connectivity index (χ3n) is 3.48. The minimum absolute atomic E-state index is 0.221. The molecule has 2 rings (SSSR count). The molecule has 0 aliphatic heterocycles. The number of carbonyl (C=O) groups excluding carboxylic acids is 1. The smallest absolute Gasteiger partial charge is 0.310 e. The molecule has 120 valence electrons. The molecule has 0 spiro atoms. The Labute approximate surface area is 140 Å². The lowest BCUT2D eigenvalue weighted by atomic mass is 10.1. The van der Waals surface area contributed by atoms with E-state index in [9.17, 15) is 4.79 Å². The number of nitrogens with zero attached hydrogens (tertiary/aromatic N) is 1. The van der Waals surface area contributed by atoms with Crippen LogP contribution < -0.4 is 0 Å². The molecule has 6 heteroatoms. The number of H-pyrrole nitrogens is 1. The minimum atomic E-state index is -0.221. The summed E-state index contributed by atoms with van der Waals surface area (Å²) in [6.07, 6.45) is 2.13. The number of halogens is 2. The predicted octanol–water partition coefficient (Wildman–Crippen LogP) is 3.03. The molecule has 2 aromatic rings. The molecule has 1 N–H and O–H groups in total. The van der Waals surface area contributed by atoms with Gasteiger partial charge in [0.15, 0.2) is 0 Å². The molecule has 22 heavy (non-hydrogen) atoms. The number of nitrogens with one attached hydrogen (secondary N) is 1. The van der Waals surface area contributed by atoms with Crippen molar-refractivity contribution in [3.8, 4) is 0 Å². The standard InChI is InChI=1S/C16H20Cl2N2O2/c17-5-7-20(8-6-18)9-10-22-16(21)11-13-12-19-15-4-2-1-3-14(13)15/h1-4,12,19H,5-11H2. The van der Waals surface area contributed by atoms with Gasteiger partial charge in [0.1, 0.15) is 6.61 Å². The molecule has 0 atom stereocenters. The Balaban J connectivity index is 1.80. The second-order valence-corrected chi connectivity index (χ2v) is 5.73.